The van der Waals surface area contributed by atoms with E-state index in [2.05, 4.69) is 25.8 Å². The molecule has 1 rings (SSSR count). The van der Waals surface area contributed by atoms with Gasteiger partial charge in [0.15, 0.2) is 0 Å². The molecule has 0 spiro atoms. The van der Waals surface area contributed by atoms with Crippen LogP contribution in [0.5, 0.6) is 0 Å². The van der Waals surface area contributed by atoms with Gasteiger partial charge in [0, 0.05) is 18.8 Å². The number of hydrogen-bond acceptors (Lipinski definition) is 2. The summed E-state index contributed by atoms with van der Waals surface area (Å²) in [6, 6.07) is 0.664. The monoisotopic (exact) mass is 175 g/mol. The summed E-state index contributed by atoms with van der Waals surface area (Å²) in [5.41, 5.74) is 0. The van der Waals surface area contributed by atoms with Crippen LogP contribution in [0.4, 0.5) is 0 Å². The minimum Gasteiger partial charge on any atom is -0.356 e. The van der Waals surface area contributed by atoms with Gasteiger partial charge in [-0.1, -0.05) is 37.8 Å². The first kappa shape index (κ1) is 8.34. The maximum atomic E-state index is 5.13. The Morgan fingerprint density at radius 2 is 2.30 bits per heavy atom. The Balaban J connectivity index is 2.57. The van der Waals surface area contributed by atoms with E-state index in [0.717, 1.165) is 10.2 Å². The highest BCUT2D eigenvalue weighted by Gasteiger charge is 2.27. The van der Waals surface area contributed by atoms with E-state index in [9.17, 15) is 0 Å². The predicted octanol–water partition coefficient (Wildman–Crippen LogP) is 1.97. The van der Waals surface area contributed by atoms with Crippen LogP contribution in [0.1, 0.15) is 13.8 Å². The zero-order chi connectivity index (χ0) is 7.72. The zero-order valence-corrected chi connectivity index (χ0v) is 8.26. The third-order valence-electron chi connectivity index (χ3n) is 1.93. The van der Waals surface area contributed by atoms with Crippen molar-refractivity contribution in [1.82, 2.24) is 4.90 Å². The fraction of sp³-hybridized carbons (Fsp3) is 0.857. The van der Waals surface area contributed by atoms with Crippen LogP contribution < -0.4 is 0 Å². The average molecular weight is 175 g/mol. The van der Waals surface area contributed by atoms with Gasteiger partial charge in [-0.05, 0) is 5.92 Å². The summed E-state index contributed by atoms with van der Waals surface area (Å²) >= 11 is 6.93. The Morgan fingerprint density at radius 3 is 2.50 bits per heavy atom. The molecule has 0 radical (unpaired) electrons. The molecule has 10 heavy (non-hydrogen) atoms. The zero-order valence-electron chi connectivity index (χ0n) is 6.63. The first-order valence-corrected chi connectivity index (χ1v) is 4.92. The van der Waals surface area contributed by atoms with Crippen LogP contribution in [0, 0.1) is 5.92 Å². The molecule has 1 atom stereocenters. The van der Waals surface area contributed by atoms with Crippen molar-refractivity contribution in [3.05, 3.63) is 0 Å². The lowest BCUT2D eigenvalue weighted by molar-refractivity contribution is 0.331. The third kappa shape index (κ3) is 1.45. The Morgan fingerprint density at radius 1 is 1.70 bits per heavy atom. The van der Waals surface area contributed by atoms with Gasteiger partial charge in [0.2, 0.25) is 0 Å². The van der Waals surface area contributed by atoms with Crippen molar-refractivity contribution in [3.8, 4) is 0 Å². The summed E-state index contributed by atoms with van der Waals surface area (Å²) in [6.07, 6.45) is 0. The van der Waals surface area contributed by atoms with Crippen LogP contribution in [0.2, 0.25) is 0 Å². The molecule has 0 aliphatic carbocycles. The van der Waals surface area contributed by atoms with Crippen LogP contribution in [-0.2, 0) is 0 Å². The minimum absolute atomic E-state index is 0.664. The highest BCUT2D eigenvalue weighted by atomic mass is 32.2. The normalized spacial score (nSPS) is 26.6. The molecule has 1 nitrogen and oxygen atoms in total. The van der Waals surface area contributed by atoms with E-state index in [1.807, 2.05) is 0 Å². The quantitative estimate of drug-likeness (QED) is 0.561. The Hall–Kier alpha value is 0.240. The lowest BCUT2D eigenvalue weighted by Crippen LogP contribution is -2.33. The largest absolute Gasteiger partial charge is 0.356 e. The topological polar surface area (TPSA) is 3.24 Å². The van der Waals surface area contributed by atoms with E-state index in [0.29, 0.717) is 6.04 Å². The molecule has 1 saturated heterocycles. The van der Waals surface area contributed by atoms with Crippen molar-refractivity contribution in [2.75, 3.05) is 12.8 Å². The maximum Gasteiger partial charge on any atom is 0.136 e. The molecule has 1 aliphatic rings. The summed E-state index contributed by atoms with van der Waals surface area (Å²) in [6.45, 7) is 4.49. The average Bonchev–Trinajstić information content (AvgIpc) is 2.14. The summed E-state index contributed by atoms with van der Waals surface area (Å²) < 4.78 is 1.05. The van der Waals surface area contributed by atoms with Crippen molar-refractivity contribution in [2.45, 2.75) is 19.9 Å². The molecule has 0 bridgehead atoms. The van der Waals surface area contributed by atoms with Crippen molar-refractivity contribution in [1.29, 1.82) is 0 Å². The molecule has 0 aromatic heterocycles. The Labute approximate surface area is 72.2 Å². The molecule has 1 fully saturated rings. The fourth-order valence-corrected chi connectivity index (χ4v) is 2.75. The van der Waals surface area contributed by atoms with Gasteiger partial charge in [0.1, 0.15) is 4.32 Å². The van der Waals surface area contributed by atoms with Crippen LogP contribution in [0.15, 0.2) is 0 Å². The third-order valence-corrected chi connectivity index (χ3v) is 3.62. The van der Waals surface area contributed by atoms with Gasteiger partial charge in [0.05, 0.1) is 0 Å². The molecule has 0 amide bonds. The Bertz CT molecular complexity index is 145. The molecule has 3 heteroatoms. The second kappa shape index (κ2) is 3.09. The van der Waals surface area contributed by atoms with Gasteiger partial charge >= 0.3 is 0 Å². The molecular formula is C7H13NS2. The Kier molecular flexibility index (Phi) is 2.58. The number of thiocarbonyl (C=S) groups is 1. The maximum absolute atomic E-state index is 5.13. The van der Waals surface area contributed by atoms with Crippen LogP contribution >= 0.6 is 24.0 Å². The van der Waals surface area contributed by atoms with Gasteiger partial charge in [-0.3, -0.25) is 0 Å². The summed E-state index contributed by atoms with van der Waals surface area (Å²) in [4.78, 5) is 2.21. The molecule has 0 aromatic rings. The van der Waals surface area contributed by atoms with Gasteiger partial charge in [-0.15, -0.1) is 0 Å². The molecule has 1 heterocycles. The first-order valence-electron chi connectivity index (χ1n) is 3.52. The van der Waals surface area contributed by atoms with Crippen LogP contribution in [-0.4, -0.2) is 28.1 Å². The molecule has 0 N–H and O–H groups in total. The minimum atomic E-state index is 0.664. The smallest absolute Gasteiger partial charge is 0.136 e. The first-order chi connectivity index (χ1) is 4.63. The second-order valence-corrected chi connectivity index (χ2v) is 4.65. The fourth-order valence-electron chi connectivity index (χ4n) is 1.15. The van der Waals surface area contributed by atoms with E-state index in [4.69, 9.17) is 12.2 Å². The predicted molar refractivity (Wildman–Crippen MR) is 51.4 cm³/mol. The van der Waals surface area contributed by atoms with Crippen molar-refractivity contribution in [3.63, 3.8) is 0 Å². The summed E-state index contributed by atoms with van der Waals surface area (Å²) in [5, 5.41) is 0. The summed E-state index contributed by atoms with van der Waals surface area (Å²) in [5.74, 6) is 1.89. The number of thioether (sulfide) groups is 1. The molecule has 0 saturated carbocycles. The van der Waals surface area contributed by atoms with Crippen LogP contribution in [0.25, 0.3) is 0 Å². The van der Waals surface area contributed by atoms with E-state index in [1.165, 1.54) is 5.75 Å². The molecule has 58 valence electrons. The van der Waals surface area contributed by atoms with Gasteiger partial charge in [0.25, 0.3) is 0 Å². The molecule has 1 aliphatic heterocycles. The van der Waals surface area contributed by atoms with E-state index >= 15 is 0 Å². The molecule has 0 aromatic carbocycles. The van der Waals surface area contributed by atoms with Crippen molar-refractivity contribution >= 4 is 28.3 Å². The SMILES string of the molecule is CC(C)C1CSC(=S)N1C. The van der Waals surface area contributed by atoms with Crippen LogP contribution in [0.3, 0.4) is 0 Å². The van der Waals surface area contributed by atoms with Gasteiger partial charge < -0.3 is 4.90 Å². The highest BCUT2D eigenvalue weighted by Crippen LogP contribution is 2.26. The van der Waals surface area contributed by atoms with E-state index in [1.54, 1.807) is 11.8 Å². The van der Waals surface area contributed by atoms with Crippen molar-refractivity contribution < 1.29 is 0 Å². The number of hydrogen-bond donors (Lipinski definition) is 0. The number of nitrogens with zero attached hydrogens (tertiary/aromatic N) is 1. The van der Waals surface area contributed by atoms with Gasteiger partial charge in [-0.2, -0.15) is 0 Å². The van der Waals surface area contributed by atoms with E-state index in [-0.39, 0.29) is 0 Å². The lowest BCUT2D eigenvalue weighted by atomic mass is 10.1. The van der Waals surface area contributed by atoms with Gasteiger partial charge in [-0.25, -0.2) is 0 Å². The molecular weight excluding hydrogens is 162 g/mol. The second-order valence-electron chi connectivity index (χ2n) is 3.00. The standard InChI is InChI=1S/C7H13NS2/c1-5(2)6-4-10-7(9)8(6)3/h5-6H,4H2,1-3H3. The highest BCUT2D eigenvalue weighted by molar-refractivity contribution is 8.23. The van der Waals surface area contributed by atoms with Crippen molar-refractivity contribution in [2.24, 2.45) is 5.92 Å². The lowest BCUT2D eigenvalue weighted by Gasteiger charge is -2.23. The van der Waals surface area contributed by atoms with E-state index < -0.39 is 0 Å². The molecule has 1 unspecified atom stereocenters. The summed E-state index contributed by atoms with van der Waals surface area (Å²) in [7, 11) is 2.09. The number of rotatable bonds is 1.